The van der Waals surface area contributed by atoms with Gasteiger partial charge in [-0.25, -0.2) is 8.78 Å². The maximum Gasteiger partial charge on any atom is 0.241 e. The number of nitrogens with one attached hydrogen (secondary N) is 2. The highest BCUT2D eigenvalue weighted by Crippen LogP contribution is 2.12. The SMILES string of the molecule is CC(C(=O)Nc1cccc(F)c1)N1CCN(CC(=O)NCc2ccccc2F)CC1. The van der Waals surface area contributed by atoms with Gasteiger partial charge in [0.1, 0.15) is 11.6 Å². The molecule has 1 heterocycles. The number of amides is 2. The fourth-order valence-electron chi connectivity index (χ4n) is 3.38. The van der Waals surface area contributed by atoms with Gasteiger partial charge < -0.3 is 10.6 Å². The van der Waals surface area contributed by atoms with Gasteiger partial charge in [-0.15, -0.1) is 0 Å². The van der Waals surface area contributed by atoms with E-state index in [9.17, 15) is 18.4 Å². The Bertz CT molecular complexity index is 885. The van der Waals surface area contributed by atoms with Crippen LogP contribution in [0.5, 0.6) is 0 Å². The van der Waals surface area contributed by atoms with E-state index < -0.39 is 5.82 Å². The molecule has 1 atom stereocenters. The zero-order chi connectivity index (χ0) is 21.5. The normalized spacial score (nSPS) is 16.1. The second-order valence-corrected chi connectivity index (χ2v) is 7.36. The molecule has 1 aliphatic rings. The first-order valence-corrected chi connectivity index (χ1v) is 9.95. The molecule has 160 valence electrons. The van der Waals surface area contributed by atoms with Crippen LogP contribution in [0, 0.1) is 11.6 Å². The molecule has 2 N–H and O–H groups in total. The summed E-state index contributed by atoms with van der Waals surface area (Å²) in [4.78, 5) is 28.6. The van der Waals surface area contributed by atoms with Crippen molar-refractivity contribution < 1.29 is 18.4 Å². The first-order chi connectivity index (χ1) is 14.4. The van der Waals surface area contributed by atoms with E-state index in [0.29, 0.717) is 37.4 Å². The zero-order valence-corrected chi connectivity index (χ0v) is 16.9. The molecule has 2 aromatic carbocycles. The molecule has 8 heteroatoms. The predicted octanol–water partition coefficient (Wildman–Crippen LogP) is 2.23. The second-order valence-electron chi connectivity index (χ2n) is 7.36. The molecule has 1 aliphatic heterocycles. The lowest BCUT2D eigenvalue weighted by atomic mass is 10.2. The molecule has 1 fully saturated rings. The summed E-state index contributed by atoms with van der Waals surface area (Å²) in [7, 11) is 0. The molecule has 2 aromatic rings. The lowest BCUT2D eigenvalue weighted by molar-refractivity contribution is -0.124. The Hall–Kier alpha value is -2.84. The minimum Gasteiger partial charge on any atom is -0.351 e. The van der Waals surface area contributed by atoms with Crippen LogP contribution in [-0.2, 0) is 16.1 Å². The van der Waals surface area contributed by atoms with E-state index in [2.05, 4.69) is 10.6 Å². The molecule has 0 aliphatic carbocycles. The van der Waals surface area contributed by atoms with Crippen LogP contribution >= 0.6 is 0 Å². The lowest BCUT2D eigenvalue weighted by Gasteiger charge is -2.37. The quantitative estimate of drug-likeness (QED) is 0.727. The average molecular weight is 416 g/mol. The number of carbonyl (C=O) groups excluding carboxylic acids is 2. The van der Waals surface area contributed by atoms with E-state index in [1.807, 2.05) is 16.7 Å². The van der Waals surface area contributed by atoms with Gasteiger partial charge in [0, 0.05) is 44.0 Å². The second kappa shape index (κ2) is 10.3. The first-order valence-electron chi connectivity index (χ1n) is 9.95. The molecule has 0 aromatic heterocycles. The molecule has 3 rings (SSSR count). The van der Waals surface area contributed by atoms with Crippen LogP contribution in [0.3, 0.4) is 0 Å². The smallest absolute Gasteiger partial charge is 0.241 e. The van der Waals surface area contributed by atoms with E-state index in [4.69, 9.17) is 0 Å². The highest BCUT2D eigenvalue weighted by Gasteiger charge is 2.26. The van der Waals surface area contributed by atoms with E-state index >= 15 is 0 Å². The molecule has 2 amide bonds. The molecular formula is C22H26F2N4O2. The summed E-state index contributed by atoms with van der Waals surface area (Å²) in [6, 6.07) is 11.8. The van der Waals surface area contributed by atoms with E-state index in [-0.39, 0.29) is 36.8 Å². The topological polar surface area (TPSA) is 64.7 Å². The Labute approximate surface area is 174 Å². The number of hydrogen-bond acceptors (Lipinski definition) is 4. The van der Waals surface area contributed by atoms with Crippen LogP contribution in [-0.4, -0.2) is 60.4 Å². The Balaban J connectivity index is 1.41. The summed E-state index contributed by atoms with van der Waals surface area (Å²) >= 11 is 0. The molecule has 0 bridgehead atoms. The van der Waals surface area contributed by atoms with Crippen molar-refractivity contribution in [3.63, 3.8) is 0 Å². The number of nitrogens with zero attached hydrogens (tertiary/aromatic N) is 2. The Morgan fingerprint density at radius 1 is 1.03 bits per heavy atom. The minimum atomic E-state index is -0.401. The van der Waals surface area contributed by atoms with Crippen molar-refractivity contribution in [3.8, 4) is 0 Å². The molecule has 0 saturated carbocycles. The van der Waals surface area contributed by atoms with Crippen LogP contribution in [0.15, 0.2) is 48.5 Å². The summed E-state index contributed by atoms with van der Waals surface area (Å²) in [6.45, 7) is 4.76. The summed E-state index contributed by atoms with van der Waals surface area (Å²) in [5, 5.41) is 5.47. The monoisotopic (exact) mass is 416 g/mol. The van der Waals surface area contributed by atoms with Crippen molar-refractivity contribution in [2.45, 2.75) is 19.5 Å². The van der Waals surface area contributed by atoms with Crippen molar-refractivity contribution in [2.75, 3.05) is 38.0 Å². The first kappa shape index (κ1) is 21.9. The summed E-state index contributed by atoms with van der Waals surface area (Å²) in [5.41, 5.74) is 0.880. The maximum absolute atomic E-state index is 13.6. The van der Waals surface area contributed by atoms with Crippen molar-refractivity contribution in [2.24, 2.45) is 0 Å². The van der Waals surface area contributed by atoms with Gasteiger partial charge in [-0.05, 0) is 31.2 Å². The van der Waals surface area contributed by atoms with Crippen LogP contribution in [0.2, 0.25) is 0 Å². The Morgan fingerprint density at radius 3 is 2.47 bits per heavy atom. The van der Waals surface area contributed by atoms with Gasteiger partial charge in [0.05, 0.1) is 12.6 Å². The molecule has 30 heavy (non-hydrogen) atoms. The number of piperazine rings is 1. The summed E-state index contributed by atoms with van der Waals surface area (Å²) in [5.74, 6) is -1.10. The van der Waals surface area contributed by atoms with Crippen molar-refractivity contribution in [1.82, 2.24) is 15.1 Å². The highest BCUT2D eigenvalue weighted by molar-refractivity contribution is 5.94. The number of benzene rings is 2. The third-order valence-corrected chi connectivity index (χ3v) is 5.23. The summed E-state index contributed by atoms with van der Waals surface area (Å²) < 4.78 is 26.9. The van der Waals surface area contributed by atoms with Gasteiger partial charge in [-0.3, -0.25) is 19.4 Å². The number of carbonyl (C=O) groups is 2. The third kappa shape index (κ3) is 6.08. The van der Waals surface area contributed by atoms with Gasteiger partial charge in [-0.1, -0.05) is 24.3 Å². The highest BCUT2D eigenvalue weighted by atomic mass is 19.1. The molecule has 0 radical (unpaired) electrons. The van der Waals surface area contributed by atoms with E-state index in [1.54, 1.807) is 30.3 Å². The minimum absolute atomic E-state index is 0.156. The number of hydrogen-bond donors (Lipinski definition) is 2. The standard InChI is InChI=1S/C22H26F2N4O2/c1-16(22(30)26-19-7-4-6-18(23)13-19)28-11-9-27(10-12-28)15-21(29)25-14-17-5-2-3-8-20(17)24/h2-8,13,16H,9-12,14-15H2,1H3,(H,25,29)(H,26,30). The maximum atomic E-state index is 13.6. The third-order valence-electron chi connectivity index (χ3n) is 5.23. The van der Waals surface area contributed by atoms with Gasteiger partial charge >= 0.3 is 0 Å². The van der Waals surface area contributed by atoms with Gasteiger partial charge in [0.2, 0.25) is 11.8 Å². The van der Waals surface area contributed by atoms with Crippen LogP contribution in [0.25, 0.3) is 0 Å². The van der Waals surface area contributed by atoms with E-state index in [0.717, 1.165) is 0 Å². The lowest BCUT2D eigenvalue weighted by Crippen LogP contribution is -2.54. The number of halogens is 2. The van der Waals surface area contributed by atoms with E-state index in [1.165, 1.54) is 18.2 Å². The van der Waals surface area contributed by atoms with Crippen molar-refractivity contribution >= 4 is 17.5 Å². The van der Waals surface area contributed by atoms with Crippen LogP contribution < -0.4 is 10.6 Å². The largest absolute Gasteiger partial charge is 0.351 e. The van der Waals surface area contributed by atoms with Gasteiger partial charge in [-0.2, -0.15) is 0 Å². The fraction of sp³-hybridized carbons (Fsp3) is 0.364. The van der Waals surface area contributed by atoms with Gasteiger partial charge in [0.15, 0.2) is 0 Å². The molecule has 1 unspecified atom stereocenters. The van der Waals surface area contributed by atoms with Gasteiger partial charge in [0.25, 0.3) is 0 Å². The predicted molar refractivity (Wildman–Crippen MR) is 111 cm³/mol. The molecule has 1 saturated heterocycles. The molecular weight excluding hydrogens is 390 g/mol. The molecule has 6 nitrogen and oxygen atoms in total. The Morgan fingerprint density at radius 2 is 1.77 bits per heavy atom. The fourth-order valence-corrected chi connectivity index (χ4v) is 3.38. The number of anilines is 1. The Kier molecular flexibility index (Phi) is 7.48. The van der Waals surface area contributed by atoms with Crippen molar-refractivity contribution in [3.05, 3.63) is 65.7 Å². The zero-order valence-electron chi connectivity index (χ0n) is 16.9. The molecule has 0 spiro atoms. The van der Waals surface area contributed by atoms with Crippen LogP contribution in [0.1, 0.15) is 12.5 Å². The average Bonchev–Trinajstić information content (AvgIpc) is 2.73. The summed E-state index contributed by atoms with van der Waals surface area (Å²) in [6.07, 6.45) is 0. The number of rotatable bonds is 7. The van der Waals surface area contributed by atoms with Crippen LogP contribution in [0.4, 0.5) is 14.5 Å². The van der Waals surface area contributed by atoms with Crippen molar-refractivity contribution in [1.29, 1.82) is 0 Å².